The number of aryl methyl sites for hydroxylation is 1. The van der Waals surface area contributed by atoms with Crippen molar-refractivity contribution in [3.8, 4) is 11.8 Å². The number of benzene rings is 2. The topological polar surface area (TPSA) is 90.5 Å². The molecule has 1 aliphatic heterocycles. The molecule has 4 rings (SSSR count). The Labute approximate surface area is 230 Å². The molecule has 0 saturated carbocycles. The number of alkyl halides is 3. The smallest absolute Gasteiger partial charge is 0.322 e. The molecule has 0 radical (unpaired) electrons. The summed E-state index contributed by atoms with van der Waals surface area (Å²) in [4.78, 5) is 36.7. The molecular weight excluding hydrogens is 521 g/mol. The number of carbonyl (C=O) groups is 2. The molecular formula is C29H29F3N6O2. The Balaban J connectivity index is 1.52. The van der Waals surface area contributed by atoms with Crippen LogP contribution >= 0.6 is 0 Å². The second-order valence-corrected chi connectivity index (χ2v) is 9.70. The third-order valence-corrected chi connectivity index (χ3v) is 6.36. The molecule has 0 aliphatic carbocycles. The number of piperazine rings is 1. The third-order valence-electron chi connectivity index (χ3n) is 6.36. The number of carbonyl (C=O) groups excluding carboxylic acids is 2. The van der Waals surface area contributed by atoms with Crippen molar-refractivity contribution in [3.05, 3.63) is 82.3 Å². The first-order valence-corrected chi connectivity index (χ1v) is 12.6. The summed E-state index contributed by atoms with van der Waals surface area (Å²) in [5, 5.41) is 5.15. The maximum atomic E-state index is 13.7. The van der Waals surface area contributed by atoms with E-state index in [1.165, 1.54) is 19.3 Å². The lowest BCUT2D eigenvalue weighted by Gasteiger charge is -2.32. The van der Waals surface area contributed by atoms with E-state index in [1.807, 2.05) is 14.0 Å². The quantitative estimate of drug-likeness (QED) is 0.464. The average Bonchev–Trinajstić information content (AvgIpc) is 2.89. The van der Waals surface area contributed by atoms with Crippen LogP contribution in [0.2, 0.25) is 0 Å². The van der Waals surface area contributed by atoms with Crippen LogP contribution in [-0.2, 0) is 17.5 Å². The van der Waals surface area contributed by atoms with E-state index in [1.54, 1.807) is 24.3 Å². The van der Waals surface area contributed by atoms with Crippen molar-refractivity contribution >= 4 is 23.3 Å². The molecule has 0 bridgehead atoms. The van der Waals surface area contributed by atoms with Gasteiger partial charge in [-0.1, -0.05) is 12.0 Å². The lowest BCUT2D eigenvalue weighted by atomic mass is 10.0. The minimum Gasteiger partial charge on any atom is -0.322 e. The normalized spacial score (nSPS) is 14.2. The van der Waals surface area contributed by atoms with E-state index in [9.17, 15) is 22.8 Å². The van der Waals surface area contributed by atoms with Gasteiger partial charge in [0.05, 0.1) is 18.0 Å². The number of rotatable bonds is 5. The predicted molar refractivity (Wildman–Crippen MR) is 146 cm³/mol. The van der Waals surface area contributed by atoms with Gasteiger partial charge in [0.25, 0.3) is 5.91 Å². The second-order valence-electron chi connectivity index (χ2n) is 9.70. The summed E-state index contributed by atoms with van der Waals surface area (Å²) in [5.74, 6) is 5.31. The molecule has 3 aromatic rings. The van der Waals surface area contributed by atoms with Crippen LogP contribution in [0.4, 0.5) is 24.7 Å². The van der Waals surface area contributed by atoms with Gasteiger partial charge in [0.15, 0.2) is 5.82 Å². The molecule has 1 fully saturated rings. The standard InChI is InChI=1S/C29H29F3N6O2/c1-19-4-5-23(14-22(19)6-7-25-16-34-27(17-33-25)35-20(2)39)28(40)36-26-13-21(12-24(15-26)29(30,31)32)18-38-10-8-37(3)9-11-38/h4-5,12-17H,8-11,18H2,1-3H3,(H,36,40)(H,34,35,39). The van der Waals surface area contributed by atoms with Crippen molar-refractivity contribution < 1.29 is 22.8 Å². The maximum absolute atomic E-state index is 13.7. The van der Waals surface area contributed by atoms with Crippen LogP contribution in [0.1, 0.15) is 45.2 Å². The molecule has 2 amide bonds. The van der Waals surface area contributed by atoms with E-state index < -0.39 is 17.6 Å². The highest BCUT2D eigenvalue weighted by atomic mass is 19.4. The zero-order chi connectivity index (χ0) is 28.9. The fraction of sp³-hybridized carbons (Fsp3) is 0.310. The van der Waals surface area contributed by atoms with Crippen molar-refractivity contribution in [2.24, 2.45) is 0 Å². The SMILES string of the molecule is CC(=O)Nc1cnc(C#Cc2cc(C(=O)Nc3cc(CN4CCN(C)CC4)cc(C(F)(F)F)c3)ccc2C)cn1. The minimum absolute atomic E-state index is 0.0756. The fourth-order valence-electron chi connectivity index (χ4n) is 4.15. The molecule has 11 heteroatoms. The first-order valence-electron chi connectivity index (χ1n) is 12.6. The van der Waals surface area contributed by atoms with Gasteiger partial charge in [0.2, 0.25) is 5.91 Å². The minimum atomic E-state index is -4.55. The van der Waals surface area contributed by atoms with Gasteiger partial charge in [0, 0.05) is 56.5 Å². The van der Waals surface area contributed by atoms with E-state index in [0.717, 1.165) is 43.9 Å². The molecule has 0 atom stereocenters. The molecule has 1 saturated heterocycles. The number of likely N-dealkylation sites (N-methyl/N-ethyl adjacent to an activating group) is 1. The van der Waals surface area contributed by atoms with Gasteiger partial charge in [-0.05, 0) is 61.4 Å². The Morgan fingerprint density at radius 1 is 0.975 bits per heavy atom. The van der Waals surface area contributed by atoms with Crippen LogP contribution in [0.5, 0.6) is 0 Å². The zero-order valence-electron chi connectivity index (χ0n) is 22.4. The summed E-state index contributed by atoms with van der Waals surface area (Å²) < 4.78 is 41.0. The Bertz CT molecular complexity index is 1450. The molecule has 1 aromatic heterocycles. The van der Waals surface area contributed by atoms with Crippen molar-refractivity contribution in [2.45, 2.75) is 26.6 Å². The number of aromatic nitrogens is 2. The first kappa shape index (κ1) is 28.7. The van der Waals surface area contributed by atoms with Crippen molar-refractivity contribution in [2.75, 3.05) is 43.9 Å². The van der Waals surface area contributed by atoms with E-state index in [2.05, 4.69) is 42.2 Å². The van der Waals surface area contributed by atoms with Gasteiger partial charge >= 0.3 is 6.18 Å². The molecule has 0 unspecified atom stereocenters. The van der Waals surface area contributed by atoms with Gasteiger partial charge in [-0.2, -0.15) is 13.2 Å². The number of hydrogen-bond acceptors (Lipinski definition) is 6. The summed E-state index contributed by atoms with van der Waals surface area (Å²) in [6, 6.07) is 8.56. The van der Waals surface area contributed by atoms with E-state index in [0.29, 0.717) is 29.2 Å². The third kappa shape index (κ3) is 7.88. The van der Waals surface area contributed by atoms with Crippen LogP contribution in [-0.4, -0.2) is 64.8 Å². The summed E-state index contributed by atoms with van der Waals surface area (Å²) in [6.07, 6.45) is -1.75. The van der Waals surface area contributed by atoms with Gasteiger partial charge < -0.3 is 15.5 Å². The van der Waals surface area contributed by atoms with Gasteiger partial charge in [-0.3, -0.25) is 14.5 Å². The maximum Gasteiger partial charge on any atom is 0.416 e. The number of amides is 2. The second kappa shape index (κ2) is 12.3. The number of nitrogens with one attached hydrogen (secondary N) is 2. The molecule has 2 N–H and O–H groups in total. The Kier molecular flexibility index (Phi) is 8.82. The molecule has 1 aliphatic rings. The van der Waals surface area contributed by atoms with E-state index in [4.69, 9.17) is 0 Å². The Morgan fingerprint density at radius 3 is 2.38 bits per heavy atom. The number of nitrogens with zero attached hydrogens (tertiary/aromatic N) is 4. The Hall–Kier alpha value is -4.27. The predicted octanol–water partition coefficient (Wildman–Crippen LogP) is 4.16. The van der Waals surface area contributed by atoms with Gasteiger partial charge in [-0.15, -0.1) is 0 Å². The van der Waals surface area contributed by atoms with Crippen LogP contribution in [0.3, 0.4) is 0 Å². The fourth-order valence-corrected chi connectivity index (χ4v) is 4.15. The molecule has 2 heterocycles. The van der Waals surface area contributed by atoms with Crippen molar-refractivity contribution in [3.63, 3.8) is 0 Å². The number of anilines is 2. The molecule has 208 valence electrons. The lowest BCUT2D eigenvalue weighted by Crippen LogP contribution is -2.43. The van der Waals surface area contributed by atoms with Crippen molar-refractivity contribution in [1.29, 1.82) is 0 Å². The number of hydrogen-bond donors (Lipinski definition) is 2. The van der Waals surface area contributed by atoms with Crippen LogP contribution in [0.15, 0.2) is 48.8 Å². The van der Waals surface area contributed by atoms with Crippen LogP contribution < -0.4 is 10.6 Å². The highest BCUT2D eigenvalue weighted by Crippen LogP contribution is 2.32. The summed E-state index contributed by atoms with van der Waals surface area (Å²) >= 11 is 0. The lowest BCUT2D eigenvalue weighted by molar-refractivity contribution is -0.137. The van der Waals surface area contributed by atoms with E-state index >= 15 is 0 Å². The molecule has 2 aromatic carbocycles. The Morgan fingerprint density at radius 2 is 1.73 bits per heavy atom. The highest BCUT2D eigenvalue weighted by Gasteiger charge is 2.31. The van der Waals surface area contributed by atoms with E-state index in [-0.39, 0.29) is 17.2 Å². The monoisotopic (exact) mass is 550 g/mol. The molecule has 0 spiro atoms. The van der Waals surface area contributed by atoms with Crippen molar-refractivity contribution in [1.82, 2.24) is 19.8 Å². The number of halogens is 3. The first-order chi connectivity index (χ1) is 19.0. The zero-order valence-corrected chi connectivity index (χ0v) is 22.4. The summed E-state index contributed by atoms with van der Waals surface area (Å²) in [5.41, 5.74) is 1.72. The largest absolute Gasteiger partial charge is 0.416 e. The summed E-state index contributed by atoms with van der Waals surface area (Å²) in [6.45, 7) is 6.75. The van der Waals surface area contributed by atoms with Gasteiger partial charge in [0.1, 0.15) is 5.69 Å². The molecule has 40 heavy (non-hydrogen) atoms. The van der Waals surface area contributed by atoms with Crippen LogP contribution in [0, 0.1) is 18.8 Å². The summed E-state index contributed by atoms with van der Waals surface area (Å²) in [7, 11) is 2.01. The van der Waals surface area contributed by atoms with Crippen LogP contribution in [0.25, 0.3) is 0 Å². The average molecular weight is 551 g/mol. The van der Waals surface area contributed by atoms with Gasteiger partial charge in [-0.25, -0.2) is 9.97 Å². The highest BCUT2D eigenvalue weighted by molar-refractivity contribution is 6.04. The molecule has 8 nitrogen and oxygen atoms in total.